The van der Waals surface area contributed by atoms with Crippen molar-refractivity contribution in [3.63, 3.8) is 0 Å². The van der Waals surface area contributed by atoms with Gasteiger partial charge in [-0.1, -0.05) is 19.1 Å². The van der Waals surface area contributed by atoms with Crippen LogP contribution in [0.1, 0.15) is 18.9 Å². The number of carboxylic acid groups (broad SMARTS) is 1. The van der Waals surface area contributed by atoms with Gasteiger partial charge in [-0.15, -0.1) is 0 Å². The molecular weight excluding hydrogens is 246 g/mol. The van der Waals surface area contributed by atoms with Gasteiger partial charge in [0.15, 0.2) is 0 Å². The molecule has 0 saturated heterocycles. The van der Waals surface area contributed by atoms with Crippen LogP contribution in [-0.4, -0.2) is 30.7 Å². The molecule has 0 radical (unpaired) electrons. The van der Waals surface area contributed by atoms with Gasteiger partial charge in [-0.25, -0.2) is 0 Å². The Morgan fingerprint density at radius 1 is 1.32 bits per heavy atom. The maximum absolute atomic E-state index is 11.5. The van der Waals surface area contributed by atoms with Gasteiger partial charge in [0.25, 0.3) is 0 Å². The lowest BCUT2D eigenvalue weighted by atomic mass is 10.0. The lowest BCUT2D eigenvalue weighted by Gasteiger charge is -2.08. The highest BCUT2D eigenvalue weighted by Gasteiger charge is 2.11. The fraction of sp³-hybridized carbons (Fsp3) is 0.429. The van der Waals surface area contributed by atoms with Gasteiger partial charge >= 0.3 is 5.97 Å². The fourth-order valence-electron chi connectivity index (χ4n) is 1.58. The minimum absolute atomic E-state index is 0.103. The Bertz CT molecular complexity index is 428. The zero-order valence-corrected chi connectivity index (χ0v) is 11.2. The van der Waals surface area contributed by atoms with E-state index in [0.29, 0.717) is 25.1 Å². The van der Waals surface area contributed by atoms with E-state index in [4.69, 9.17) is 9.84 Å². The highest BCUT2D eigenvalue weighted by Crippen LogP contribution is 2.13. The van der Waals surface area contributed by atoms with Gasteiger partial charge in [0.2, 0.25) is 5.91 Å². The number of methoxy groups -OCH3 is 1. The summed E-state index contributed by atoms with van der Waals surface area (Å²) in [6.07, 6.45) is 0.793. The summed E-state index contributed by atoms with van der Waals surface area (Å²) in [4.78, 5) is 22.2. The summed E-state index contributed by atoms with van der Waals surface area (Å²) < 4.78 is 4.82. The molecule has 19 heavy (non-hydrogen) atoms. The van der Waals surface area contributed by atoms with E-state index in [9.17, 15) is 9.59 Å². The molecule has 1 aromatic rings. The van der Waals surface area contributed by atoms with Gasteiger partial charge in [0.05, 0.1) is 18.9 Å². The molecule has 1 amide bonds. The third kappa shape index (κ3) is 5.52. The Kier molecular flexibility index (Phi) is 6.02. The van der Waals surface area contributed by atoms with E-state index in [1.165, 1.54) is 0 Å². The molecule has 0 aromatic heterocycles. The third-order valence-corrected chi connectivity index (χ3v) is 2.73. The summed E-state index contributed by atoms with van der Waals surface area (Å²) in [6, 6.07) is 7.19. The zero-order valence-electron chi connectivity index (χ0n) is 11.2. The maximum atomic E-state index is 11.5. The second-order valence-corrected chi connectivity index (χ2v) is 4.43. The lowest BCUT2D eigenvalue weighted by molar-refractivity contribution is -0.141. The van der Waals surface area contributed by atoms with Crippen LogP contribution in [0.15, 0.2) is 24.3 Å². The molecule has 0 heterocycles. The van der Waals surface area contributed by atoms with Crippen LogP contribution in [-0.2, 0) is 20.7 Å². The van der Waals surface area contributed by atoms with E-state index in [2.05, 4.69) is 5.32 Å². The van der Waals surface area contributed by atoms with Gasteiger partial charge in [0.1, 0.15) is 0 Å². The predicted molar refractivity (Wildman–Crippen MR) is 72.1 cm³/mol. The first-order valence-electron chi connectivity index (χ1n) is 6.13. The first kappa shape index (κ1) is 15.2. The van der Waals surface area contributed by atoms with Crippen molar-refractivity contribution in [3.05, 3.63) is 29.8 Å². The Morgan fingerprint density at radius 3 is 2.47 bits per heavy atom. The number of ether oxygens (including phenoxy) is 1. The predicted octanol–water partition coefficient (Wildman–Crippen LogP) is 1.92. The van der Waals surface area contributed by atoms with E-state index in [0.717, 1.165) is 5.56 Å². The first-order chi connectivity index (χ1) is 9.02. The van der Waals surface area contributed by atoms with E-state index in [-0.39, 0.29) is 5.91 Å². The SMILES string of the molecule is COCCC(=O)Nc1ccc(CC(C)C(=O)O)cc1. The molecule has 0 saturated carbocycles. The second-order valence-electron chi connectivity index (χ2n) is 4.43. The number of aliphatic carboxylic acids is 1. The standard InChI is InChI=1S/C14H19NO4/c1-10(14(17)18)9-11-3-5-12(6-4-11)15-13(16)7-8-19-2/h3-6,10H,7-9H2,1-2H3,(H,15,16)(H,17,18). The molecule has 0 fully saturated rings. The van der Waals surface area contributed by atoms with Crippen molar-refractivity contribution < 1.29 is 19.4 Å². The van der Waals surface area contributed by atoms with Crippen molar-refractivity contribution >= 4 is 17.6 Å². The van der Waals surface area contributed by atoms with Crippen molar-refractivity contribution in [3.8, 4) is 0 Å². The number of nitrogens with one attached hydrogen (secondary N) is 1. The molecule has 104 valence electrons. The van der Waals surface area contributed by atoms with Gasteiger partial charge in [0, 0.05) is 12.8 Å². The zero-order chi connectivity index (χ0) is 14.3. The van der Waals surface area contributed by atoms with Crippen molar-refractivity contribution in [1.29, 1.82) is 0 Å². The highest BCUT2D eigenvalue weighted by molar-refractivity contribution is 5.90. The molecule has 5 nitrogen and oxygen atoms in total. The van der Waals surface area contributed by atoms with E-state index in [1.54, 1.807) is 26.2 Å². The Balaban J connectivity index is 2.52. The van der Waals surface area contributed by atoms with Gasteiger partial charge in [-0.3, -0.25) is 9.59 Å². The van der Waals surface area contributed by atoms with Crippen LogP contribution in [0.4, 0.5) is 5.69 Å². The number of rotatable bonds is 7. The number of benzene rings is 1. The van der Waals surface area contributed by atoms with Crippen molar-refractivity contribution in [2.24, 2.45) is 5.92 Å². The van der Waals surface area contributed by atoms with Crippen LogP contribution in [0.2, 0.25) is 0 Å². The summed E-state index contributed by atoms with van der Waals surface area (Å²) in [6.45, 7) is 2.06. The molecule has 1 atom stereocenters. The minimum atomic E-state index is -0.808. The van der Waals surface area contributed by atoms with Gasteiger partial charge in [-0.2, -0.15) is 0 Å². The maximum Gasteiger partial charge on any atom is 0.306 e. The topological polar surface area (TPSA) is 75.6 Å². The smallest absolute Gasteiger partial charge is 0.306 e. The molecule has 0 bridgehead atoms. The summed E-state index contributed by atoms with van der Waals surface area (Å²) >= 11 is 0. The molecule has 0 aliphatic carbocycles. The van der Waals surface area contributed by atoms with Crippen LogP contribution in [0.3, 0.4) is 0 Å². The monoisotopic (exact) mass is 265 g/mol. The summed E-state index contributed by atoms with van der Waals surface area (Å²) in [7, 11) is 1.55. The third-order valence-electron chi connectivity index (χ3n) is 2.73. The second kappa shape index (κ2) is 7.53. The van der Waals surface area contributed by atoms with Crippen LogP contribution in [0.25, 0.3) is 0 Å². The van der Waals surface area contributed by atoms with Gasteiger partial charge < -0.3 is 15.2 Å². The molecule has 0 spiro atoms. The summed E-state index contributed by atoms with van der Waals surface area (Å²) in [5.41, 5.74) is 1.64. The number of carbonyl (C=O) groups is 2. The van der Waals surface area contributed by atoms with Gasteiger partial charge in [-0.05, 0) is 24.1 Å². The Labute approximate surface area is 112 Å². The number of carbonyl (C=O) groups excluding carboxylic acids is 1. The van der Waals surface area contributed by atoms with E-state index in [1.807, 2.05) is 12.1 Å². The van der Waals surface area contributed by atoms with Crippen molar-refractivity contribution in [1.82, 2.24) is 0 Å². The minimum Gasteiger partial charge on any atom is -0.481 e. The molecule has 1 unspecified atom stereocenters. The number of hydrogen-bond donors (Lipinski definition) is 2. The average Bonchev–Trinajstić information content (AvgIpc) is 2.38. The van der Waals surface area contributed by atoms with Crippen LogP contribution in [0, 0.1) is 5.92 Å². The molecule has 5 heteroatoms. The van der Waals surface area contributed by atoms with Crippen LogP contribution in [0.5, 0.6) is 0 Å². The Hall–Kier alpha value is -1.88. The van der Waals surface area contributed by atoms with Crippen LogP contribution >= 0.6 is 0 Å². The Morgan fingerprint density at radius 2 is 1.95 bits per heavy atom. The molecule has 1 aromatic carbocycles. The molecular formula is C14H19NO4. The highest BCUT2D eigenvalue weighted by atomic mass is 16.5. The first-order valence-corrected chi connectivity index (χ1v) is 6.13. The quantitative estimate of drug-likeness (QED) is 0.789. The summed E-state index contributed by atoms with van der Waals surface area (Å²) in [5, 5.41) is 11.6. The van der Waals surface area contributed by atoms with E-state index >= 15 is 0 Å². The fourth-order valence-corrected chi connectivity index (χ4v) is 1.58. The molecule has 2 N–H and O–H groups in total. The normalized spacial score (nSPS) is 11.9. The number of amides is 1. The van der Waals surface area contributed by atoms with Crippen LogP contribution < -0.4 is 5.32 Å². The average molecular weight is 265 g/mol. The lowest BCUT2D eigenvalue weighted by Crippen LogP contribution is -2.14. The summed E-state index contributed by atoms with van der Waals surface area (Å²) in [5.74, 6) is -1.33. The molecule has 0 aliphatic rings. The number of anilines is 1. The van der Waals surface area contributed by atoms with E-state index < -0.39 is 11.9 Å². The van der Waals surface area contributed by atoms with Crippen molar-refractivity contribution in [2.75, 3.05) is 19.0 Å². The largest absolute Gasteiger partial charge is 0.481 e. The number of carboxylic acids is 1. The molecule has 1 rings (SSSR count). The van der Waals surface area contributed by atoms with Crippen molar-refractivity contribution in [2.45, 2.75) is 19.8 Å². The number of hydrogen-bond acceptors (Lipinski definition) is 3. The molecule has 0 aliphatic heterocycles.